The lowest BCUT2D eigenvalue weighted by atomic mass is 10.0. The molecule has 62 heavy (non-hydrogen) atoms. The van der Waals surface area contributed by atoms with E-state index in [1.807, 2.05) is 49.4 Å². The van der Waals surface area contributed by atoms with E-state index < -0.39 is 68.0 Å². The molecule has 328 valence electrons. The van der Waals surface area contributed by atoms with E-state index in [1.54, 1.807) is 21.8 Å². The zero-order valence-electron chi connectivity index (χ0n) is 33.1. The summed E-state index contributed by atoms with van der Waals surface area (Å²) >= 11 is 14.4. The Bertz CT molecular complexity index is 2680. The smallest absolute Gasteiger partial charge is 0.280 e. The minimum atomic E-state index is -3.88. The number of aryl methyl sites for hydroxylation is 2. The lowest BCUT2D eigenvalue weighted by Crippen LogP contribution is -2.55. The largest absolute Gasteiger partial charge is 0.325 e. The summed E-state index contributed by atoms with van der Waals surface area (Å²) in [5.74, 6) is -2.26. The van der Waals surface area contributed by atoms with Crippen LogP contribution in [-0.4, -0.2) is 83.0 Å². The number of hydrogen-bond acceptors (Lipinski definition) is 10. The van der Waals surface area contributed by atoms with Gasteiger partial charge in [-0.3, -0.25) is 19.0 Å². The average molecular weight is 968 g/mol. The molecule has 2 aliphatic heterocycles. The van der Waals surface area contributed by atoms with Crippen LogP contribution in [0.1, 0.15) is 34.7 Å². The second kappa shape index (κ2) is 18.2. The maximum Gasteiger partial charge on any atom is 0.280 e. The first-order chi connectivity index (χ1) is 29.3. The zero-order valence-corrected chi connectivity index (χ0v) is 37.9. The van der Waals surface area contributed by atoms with Gasteiger partial charge in [0.25, 0.3) is 20.4 Å². The third-order valence-corrected chi connectivity index (χ3v) is 16.0. The van der Waals surface area contributed by atoms with E-state index in [4.69, 9.17) is 23.2 Å². The summed E-state index contributed by atoms with van der Waals surface area (Å²) < 4.78 is 88.1. The fourth-order valence-electron chi connectivity index (χ4n) is 6.71. The number of anilines is 2. The van der Waals surface area contributed by atoms with E-state index in [2.05, 4.69) is 30.3 Å². The lowest BCUT2D eigenvalue weighted by molar-refractivity contribution is -0.120. The predicted molar refractivity (Wildman–Crippen MR) is 235 cm³/mol. The number of likely N-dealkylation sites (N-methyl/N-ethyl adjacent to an activating group) is 2. The van der Waals surface area contributed by atoms with Gasteiger partial charge >= 0.3 is 0 Å². The molecule has 0 radical (unpaired) electrons. The number of rotatable bonds is 8. The van der Waals surface area contributed by atoms with E-state index in [-0.39, 0.29) is 34.3 Å². The van der Waals surface area contributed by atoms with Crippen molar-refractivity contribution in [3.63, 3.8) is 0 Å². The summed E-state index contributed by atoms with van der Waals surface area (Å²) in [5.41, 5.74) is 4.26. The van der Waals surface area contributed by atoms with Gasteiger partial charge < -0.3 is 10.6 Å². The Labute approximate surface area is 373 Å². The van der Waals surface area contributed by atoms with Crippen LogP contribution in [0.25, 0.3) is 22.3 Å². The van der Waals surface area contributed by atoms with Gasteiger partial charge in [-0.1, -0.05) is 23.2 Å². The number of amides is 2. The molecule has 0 unspecified atom stereocenters. The Morgan fingerprint density at radius 3 is 1.39 bits per heavy atom. The van der Waals surface area contributed by atoms with Crippen molar-refractivity contribution < 1.29 is 35.2 Å². The van der Waals surface area contributed by atoms with E-state index in [0.29, 0.717) is 0 Å². The summed E-state index contributed by atoms with van der Waals surface area (Å²) in [5, 5.41) is 17.1. The first kappa shape index (κ1) is 45.4. The van der Waals surface area contributed by atoms with Crippen LogP contribution in [0.4, 0.5) is 20.2 Å². The molecule has 0 aliphatic carbocycles. The number of benzene rings is 2. The molecule has 4 N–H and O–H groups in total. The van der Waals surface area contributed by atoms with Crippen molar-refractivity contribution in [3.05, 3.63) is 116 Å². The van der Waals surface area contributed by atoms with Gasteiger partial charge in [0.1, 0.15) is 23.7 Å². The van der Waals surface area contributed by atoms with Gasteiger partial charge in [-0.2, -0.15) is 45.1 Å². The maximum atomic E-state index is 13.4. The van der Waals surface area contributed by atoms with Gasteiger partial charge in [0.15, 0.2) is 0 Å². The van der Waals surface area contributed by atoms with Gasteiger partial charge in [-0.25, -0.2) is 8.78 Å². The van der Waals surface area contributed by atoms with E-state index in [1.165, 1.54) is 61.0 Å². The summed E-state index contributed by atoms with van der Waals surface area (Å²) in [4.78, 5) is 27.3. The molecule has 6 aromatic rings. The molecule has 4 aromatic heterocycles. The minimum absolute atomic E-state index is 0.136. The highest BCUT2D eigenvalue weighted by molar-refractivity contribution is 7.87. The molecule has 0 bridgehead atoms. The SMILES string of the molecule is CN1[C@@H](C(=O)Nc2ccc(F)c(Cl)c2)C[C@@H](c2cc(-c3cnn(C)c3)cs2)NS1(=O)=O.CN1[C@H](C(=O)Nc2ccc(F)c(Cl)c2)C[C@H](c2cc(-c3cnn(C)c3)cs2)NS1(=O)=O. The van der Waals surface area contributed by atoms with Crippen LogP contribution in [-0.2, 0) is 44.1 Å². The summed E-state index contributed by atoms with van der Waals surface area (Å²) in [6.07, 6.45) is 7.65. The highest BCUT2D eigenvalue weighted by Crippen LogP contribution is 2.37. The molecule has 2 fully saturated rings. The molecule has 2 aromatic carbocycles. The van der Waals surface area contributed by atoms with E-state index >= 15 is 0 Å². The molecule has 24 heteroatoms. The predicted octanol–water partition coefficient (Wildman–Crippen LogP) is 6.32. The fourth-order valence-corrected chi connectivity index (χ4v) is 11.7. The number of carbonyl (C=O) groups is 2. The van der Waals surface area contributed by atoms with Crippen LogP contribution in [0.15, 0.2) is 84.1 Å². The molecular formula is C38H38Cl2F2N10O6S4. The molecule has 0 spiro atoms. The third kappa shape index (κ3) is 10.1. The number of carbonyl (C=O) groups excluding carboxylic acids is 2. The number of nitrogens with one attached hydrogen (secondary N) is 4. The molecule has 2 aliphatic rings. The van der Waals surface area contributed by atoms with Crippen LogP contribution < -0.4 is 20.1 Å². The van der Waals surface area contributed by atoms with Crippen LogP contribution in [0.2, 0.25) is 10.0 Å². The third-order valence-electron chi connectivity index (χ3n) is 10.1. The van der Waals surface area contributed by atoms with Crippen molar-refractivity contribution in [1.82, 2.24) is 37.6 Å². The van der Waals surface area contributed by atoms with Gasteiger partial charge in [0.2, 0.25) is 11.8 Å². The van der Waals surface area contributed by atoms with Gasteiger partial charge in [0.05, 0.1) is 34.5 Å². The van der Waals surface area contributed by atoms with Crippen molar-refractivity contribution in [2.24, 2.45) is 14.1 Å². The van der Waals surface area contributed by atoms with Crippen LogP contribution in [0, 0.1) is 11.6 Å². The van der Waals surface area contributed by atoms with Gasteiger partial charge in [0, 0.05) is 72.8 Å². The molecule has 4 atom stereocenters. The highest BCUT2D eigenvalue weighted by Gasteiger charge is 2.42. The zero-order chi connectivity index (χ0) is 44.7. The average Bonchev–Trinajstić information content (AvgIpc) is 4.05. The number of hydrogen-bond donors (Lipinski definition) is 4. The maximum absolute atomic E-state index is 13.4. The Morgan fingerprint density at radius 2 is 1.05 bits per heavy atom. The van der Waals surface area contributed by atoms with Crippen LogP contribution >= 0.6 is 45.9 Å². The molecule has 8 rings (SSSR count). The highest BCUT2D eigenvalue weighted by atomic mass is 35.5. The number of thiophene rings is 2. The van der Waals surface area contributed by atoms with Crippen LogP contribution in [0.3, 0.4) is 0 Å². The van der Waals surface area contributed by atoms with Crippen molar-refractivity contribution in [1.29, 1.82) is 0 Å². The van der Waals surface area contributed by atoms with Gasteiger partial charge in [-0.05, 0) is 83.3 Å². The second-order valence-electron chi connectivity index (χ2n) is 14.4. The van der Waals surface area contributed by atoms with Crippen molar-refractivity contribution in [2.75, 3.05) is 24.7 Å². The Kier molecular flexibility index (Phi) is 13.4. The van der Waals surface area contributed by atoms with Crippen LogP contribution in [0.5, 0.6) is 0 Å². The van der Waals surface area contributed by atoms with Crippen molar-refractivity contribution in [3.8, 4) is 22.3 Å². The van der Waals surface area contributed by atoms with Crippen molar-refractivity contribution in [2.45, 2.75) is 37.0 Å². The monoisotopic (exact) mass is 966 g/mol. The quantitative estimate of drug-likeness (QED) is 0.136. The first-order valence-corrected chi connectivity index (χ1v) is 23.8. The molecular weight excluding hydrogens is 930 g/mol. The Hall–Kier alpha value is -4.62. The van der Waals surface area contributed by atoms with E-state index in [0.717, 1.165) is 52.8 Å². The normalized spacial score (nSPS) is 21.2. The molecule has 6 heterocycles. The lowest BCUT2D eigenvalue weighted by Gasteiger charge is -2.35. The standard InChI is InChI=1S/2C19H19ClFN5O3S2/c2*1-25-9-12(8-22-25)11-5-18(30-10-11)16-7-17(26(2)31(28,29)24-16)19(27)23-13-3-4-15(21)14(20)6-13/h2*3-6,8-10,16-17,24H,7H2,1-2H3,(H,23,27)/t2*16-,17+/m10/s1. The number of aromatic nitrogens is 4. The molecule has 16 nitrogen and oxygen atoms in total. The Balaban J connectivity index is 0.000000186. The molecule has 0 saturated carbocycles. The fraction of sp³-hybridized carbons (Fsp3) is 0.263. The topological polar surface area (TPSA) is 193 Å². The molecule has 2 saturated heterocycles. The molecule has 2 amide bonds. The van der Waals surface area contributed by atoms with Crippen molar-refractivity contribution >= 4 is 89.5 Å². The summed E-state index contributed by atoms with van der Waals surface area (Å²) in [7, 11) is -1.45. The first-order valence-electron chi connectivity index (χ1n) is 18.4. The summed E-state index contributed by atoms with van der Waals surface area (Å²) in [6, 6.07) is 8.31. The van der Waals surface area contributed by atoms with E-state index in [9.17, 15) is 35.2 Å². The van der Waals surface area contributed by atoms with Gasteiger partial charge in [-0.15, -0.1) is 22.7 Å². The number of halogens is 4. The second-order valence-corrected chi connectivity index (χ2v) is 20.6. The summed E-state index contributed by atoms with van der Waals surface area (Å²) in [6.45, 7) is 0. The Morgan fingerprint density at radius 1 is 0.661 bits per heavy atom. The number of nitrogens with zero attached hydrogens (tertiary/aromatic N) is 6. The minimum Gasteiger partial charge on any atom is -0.325 e.